The molecule has 1 saturated carbocycles. The minimum atomic E-state index is -0.376. The van der Waals surface area contributed by atoms with Gasteiger partial charge in [0.2, 0.25) is 0 Å². The molecule has 0 radical (unpaired) electrons. The van der Waals surface area contributed by atoms with Gasteiger partial charge in [-0.25, -0.2) is 14.6 Å². The normalized spacial score (nSPS) is 16.2. The second-order valence-corrected chi connectivity index (χ2v) is 10.8. The molecule has 206 valence electrons. The van der Waals surface area contributed by atoms with Crippen LogP contribution in [0.15, 0.2) is 53.7 Å². The first kappa shape index (κ1) is 28.6. The minimum Gasteiger partial charge on any atom is -0.465 e. The third-order valence-corrected chi connectivity index (χ3v) is 7.83. The number of unbranched alkanes of at least 4 members (excludes halogenated alkanes) is 1. The summed E-state index contributed by atoms with van der Waals surface area (Å²) in [4.78, 5) is 47.5. The highest BCUT2D eigenvalue weighted by Crippen LogP contribution is 2.34. The quantitative estimate of drug-likeness (QED) is 0.167. The SMILES string of the molecule is CCCCc1ncc(/C=C2/C(=O)N(CC3CC3)C(=O)N2Cc2cccs2)n1Cc1ccc(C(=O)OC)cc1.Cl. The number of aromatic nitrogens is 2. The fraction of sp³-hybridized carbons (Fsp3) is 0.379. The molecule has 10 heteroatoms. The standard InChI is InChI=1S/C29H32N4O4S.ClH/c1-3-4-7-26-30-16-23(31(26)17-21-10-12-22(13-11-21)28(35)37-2)15-25-27(34)33(18-20-8-9-20)29(36)32(25)19-24-6-5-14-38-24;/h5-6,10-16,20H,3-4,7-9,17-19H2,1-2H3;1H/b25-15-;. The van der Waals surface area contributed by atoms with Gasteiger partial charge >= 0.3 is 12.0 Å². The molecule has 1 aliphatic carbocycles. The molecule has 0 atom stereocenters. The molecule has 2 aromatic heterocycles. The molecule has 2 fully saturated rings. The van der Waals surface area contributed by atoms with Crippen molar-refractivity contribution in [2.75, 3.05) is 13.7 Å². The zero-order valence-electron chi connectivity index (χ0n) is 22.2. The number of imidazole rings is 1. The van der Waals surface area contributed by atoms with Gasteiger partial charge in [0.1, 0.15) is 11.5 Å². The number of nitrogens with zero attached hydrogens (tertiary/aromatic N) is 4. The van der Waals surface area contributed by atoms with Crippen LogP contribution >= 0.6 is 23.7 Å². The number of hydrogen-bond acceptors (Lipinski definition) is 6. The predicted molar refractivity (Wildman–Crippen MR) is 153 cm³/mol. The molecular formula is C29H33ClN4O4S. The van der Waals surface area contributed by atoms with E-state index in [1.807, 2.05) is 35.7 Å². The summed E-state index contributed by atoms with van der Waals surface area (Å²) in [6.07, 6.45) is 8.55. The van der Waals surface area contributed by atoms with Crippen LogP contribution in [-0.2, 0) is 29.0 Å². The predicted octanol–water partition coefficient (Wildman–Crippen LogP) is 5.76. The lowest BCUT2D eigenvalue weighted by molar-refractivity contribution is -0.123. The molecule has 1 saturated heterocycles. The zero-order valence-corrected chi connectivity index (χ0v) is 23.8. The van der Waals surface area contributed by atoms with Crippen molar-refractivity contribution in [2.24, 2.45) is 5.92 Å². The number of ether oxygens (including phenoxy) is 1. The summed E-state index contributed by atoms with van der Waals surface area (Å²) in [6.45, 7) is 3.50. The van der Waals surface area contributed by atoms with Gasteiger partial charge in [-0.2, -0.15) is 0 Å². The summed E-state index contributed by atoms with van der Waals surface area (Å²) in [5.74, 6) is 0.708. The molecule has 2 aliphatic rings. The maximum absolute atomic E-state index is 13.5. The Morgan fingerprint density at radius 3 is 2.54 bits per heavy atom. The lowest BCUT2D eigenvalue weighted by Gasteiger charge is -2.16. The second kappa shape index (κ2) is 12.6. The maximum Gasteiger partial charge on any atom is 0.337 e. The molecule has 0 N–H and O–H groups in total. The lowest BCUT2D eigenvalue weighted by atomic mass is 10.1. The van der Waals surface area contributed by atoms with Crippen LogP contribution in [0.1, 0.15) is 64.9 Å². The average Bonchev–Trinajstić information content (AvgIpc) is 3.38. The van der Waals surface area contributed by atoms with E-state index in [0.717, 1.165) is 54.1 Å². The van der Waals surface area contributed by atoms with E-state index >= 15 is 0 Å². The Morgan fingerprint density at radius 1 is 1.13 bits per heavy atom. The van der Waals surface area contributed by atoms with Crippen molar-refractivity contribution in [3.8, 4) is 0 Å². The molecule has 0 spiro atoms. The van der Waals surface area contributed by atoms with Crippen molar-refractivity contribution in [3.05, 3.63) is 81.2 Å². The molecular weight excluding hydrogens is 536 g/mol. The Bertz CT molecular complexity index is 1350. The zero-order chi connectivity index (χ0) is 26.6. The molecule has 3 amide bonds. The van der Waals surface area contributed by atoms with Gasteiger partial charge in [0, 0.05) is 24.4 Å². The highest BCUT2D eigenvalue weighted by Gasteiger charge is 2.43. The van der Waals surface area contributed by atoms with Crippen LogP contribution in [0.4, 0.5) is 4.79 Å². The summed E-state index contributed by atoms with van der Waals surface area (Å²) in [5, 5.41) is 1.98. The molecule has 1 aromatic carbocycles. The third kappa shape index (κ3) is 6.42. The van der Waals surface area contributed by atoms with Crippen LogP contribution in [0.3, 0.4) is 0 Å². The molecule has 3 aromatic rings. The number of rotatable bonds is 11. The van der Waals surface area contributed by atoms with Crippen LogP contribution in [0.25, 0.3) is 6.08 Å². The van der Waals surface area contributed by atoms with Crippen LogP contribution in [-0.4, -0.2) is 50.9 Å². The number of benzene rings is 1. The fourth-order valence-electron chi connectivity index (χ4n) is 4.61. The first-order valence-corrected chi connectivity index (χ1v) is 14.0. The monoisotopic (exact) mass is 568 g/mol. The van der Waals surface area contributed by atoms with Crippen LogP contribution in [0.2, 0.25) is 0 Å². The number of halogens is 1. The van der Waals surface area contributed by atoms with Crippen molar-refractivity contribution in [2.45, 2.75) is 52.1 Å². The molecule has 3 heterocycles. The molecule has 8 nitrogen and oxygen atoms in total. The molecule has 5 rings (SSSR count). The number of carbonyl (C=O) groups is 3. The van der Waals surface area contributed by atoms with Crippen molar-refractivity contribution < 1.29 is 19.1 Å². The fourth-order valence-corrected chi connectivity index (χ4v) is 5.30. The number of methoxy groups -OCH3 is 1. The molecule has 1 aliphatic heterocycles. The number of thiophene rings is 1. The van der Waals surface area contributed by atoms with Crippen LogP contribution in [0.5, 0.6) is 0 Å². The van der Waals surface area contributed by atoms with Gasteiger partial charge in [-0.1, -0.05) is 31.5 Å². The molecule has 0 bridgehead atoms. The minimum absolute atomic E-state index is 0. The van der Waals surface area contributed by atoms with Gasteiger partial charge in [-0.3, -0.25) is 14.6 Å². The second-order valence-electron chi connectivity index (χ2n) is 9.81. The van der Waals surface area contributed by atoms with Crippen LogP contribution in [0, 0.1) is 5.92 Å². The summed E-state index contributed by atoms with van der Waals surface area (Å²) in [5.41, 5.74) is 2.64. The Labute approximate surface area is 238 Å². The Hall–Kier alpha value is -3.43. The lowest BCUT2D eigenvalue weighted by Crippen LogP contribution is -2.34. The Kier molecular flexibility index (Phi) is 9.24. The molecule has 0 unspecified atom stereocenters. The Balaban J connectivity index is 0.00000353. The van der Waals surface area contributed by atoms with Gasteiger partial charge in [0.15, 0.2) is 0 Å². The largest absolute Gasteiger partial charge is 0.465 e. The Morgan fingerprint density at radius 2 is 1.90 bits per heavy atom. The van der Waals surface area contributed by atoms with Crippen molar-refractivity contribution in [1.29, 1.82) is 0 Å². The van der Waals surface area contributed by atoms with E-state index in [-0.39, 0.29) is 30.3 Å². The highest BCUT2D eigenvalue weighted by atomic mass is 35.5. The average molecular weight is 569 g/mol. The van der Waals surface area contributed by atoms with Gasteiger partial charge in [-0.15, -0.1) is 23.7 Å². The van der Waals surface area contributed by atoms with Gasteiger partial charge in [-0.05, 0) is 60.4 Å². The summed E-state index contributed by atoms with van der Waals surface area (Å²) >= 11 is 1.57. The van der Waals surface area contributed by atoms with Crippen molar-refractivity contribution in [3.63, 3.8) is 0 Å². The van der Waals surface area contributed by atoms with E-state index in [4.69, 9.17) is 9.72 Å². The number of urea groups is 1. The first-order chi connectivity index (χ1) is 18.5. The van der Waals surface area contributed by atoms with Gasteiger partial charge in [0.05, 0.1) is 31.1 Å². The van der Waals surface area contributed by atoms with Crippen molar-refractivity contribution >= 4 is 47.7 Å². The highest BCUT2D eigenvalue weighted by molar-refractivity contribution is 7.09. The summed E-state index contributed by atoms with van der Waals surface area (Å²) in [7, 11) is 1.37. The van der Waals surface area contributed by atoms with Gasteiger partial charge < -0.3 is 9.30 Å². The van der Waals surface area contributed by atoms with E-state index in [1.165, 1.54) is 12.0 Å². The van der Waals surface area contributed by atoms with Crippen molar-refractivity contribution in [1.82, 2.24) is 19.4 Å². The number of hydrogen-bond donors (Lipinski definition) is 0. The first-order valence-electron chi connectivity index (χ1n) is 13.1. The van der Waals surface area contributed by atoms with E-state index in [0.29, 0.717) is 36.8 Å². The third-order valence-electron chi connectivity index (χ3n) is 6.97. The van der Waals surface area contributed by atoms with Crippen LogP contribution < -0.4 is 0 Å². The topological polar surface area (TPSA) is 84.7 Å². The number of carbonyl (C=O) groups excluding carboxylic acids is 3. The number of esters is 1. The van der Waals surface area contributed by atoms with E-state index in [2.05, 4.69) is 11.5 Å². The smallest absolute Gasteiger partial charge is 0.337 e. The van der Waals surface area contributed by atoms with Gasteiger partial charge in [0.25, 0.3) is 5.91 Å². The van der Waals surface area contributed by atoms with E-state index < -0.39 is 0 Å². The molecule has 39 heavy (non-hydrogen) atoms. The number of aryl methyl sites for hydroxylation is 1. The number of amides is 3. The summed E-state index contributed by atoms with van der Waals surface area (Å²) < 4.78 is 6.91. The maximum atomic E-state index is 13.5. The number of imide groups is 1. The van der Waals surface area contributed by atoms with E-state index in [1.54, 1.807) is 34.6 Å². The summed E-state index contributed by atoms with van der Waals surface area (Å²) in [6, 6.07) is 11.0. The van der Waals surface area contributed by atoms with E-state index in [9.17, 15) is 14.4 Å².